The number of hydrogen-bond donors (Lipinski definition) is 2. The molecule has 0 saturated carbocycles. The lowest BCUT2D eigenvalue weighted by atomic mass is 10.0. The highest BCUT2D eigenvalue weighted by Crippen LogP contribution is 2.37. The van der Waals surface area contributed by atoms with Crippen molar-refractivity contribution in [3.05, 3.63) is 86.3 Å². The molecule has 0 saturated heterocycles. The van der Waals surface area contributed by atoms with Crippen molar-refractivity contribution >= 4 is 17.5 Å². The predicted molar refractivity (Wildman–Crippen MR) is 101 cm³/mol. The molecular formula is C20H15ClF2N2O3. The minimum Gasteiger partial charge on any atom is -0.486 e. The van der Waals surface area contributed by atoms with Crippen LogP contribution < -0.4 is 16.0 Å². The largest absolute Gasteiger partial charge is 0.486 e. The lowest BCUT2D eigenvalue weighted by Gasteiger charge is -2.16. The van der Waals surface area contributed by atoms with Crippen molar-refractivity contribution in [2.75, 3.05) is 0 Å². The second-order valence-corrected chi connectivity index (χ2v) is 6.44. The smallest absolute Gasteiger partial charge is 0.270 e. The van der Waals surface area contributed by atoms with Gasteiger partial charge in [-0.05, 0) is 36.8 Å². The molecule has 0 aliphatic rings. The van der Waals surface area contributed by atoms with Crippen LogP contribution in [0, 0.1) is 18.6 Å². The number of hydrogen-bond acceptors (Lipinski definition) is 3. The number of pyridine rings is 1. The van der Waals surface area contributed by atoms with Crippen LogP contribution in [0.4, 0.5) is 8.78 Å². The summed E-state index contributed by atoms with van der Waals surface area (Å²) in [6.07, 6.45) is 0. The second-order valence-electron chi connectivity index (χ2n) is 6.07. The predicted octanol–water partition coefficient (Wildman–Crippen LogP) is 3.96. The summed E-state index contributed by atoms with van der Waals surface area (Å²) in [5, 5.41) is -0.229. The van der Waals surface area contributed by atoms with Crippen LogP contribution in [0.2, 0.25) is 5.02 Å². The van der Waals surface area contributed by atoms with Crippen molar-refractivity contribution in [3.8, 4) is 16.9 Å². The third-order valence-corrected chi connectivity index (χ3v) is 4.47. The highest BCUT2D eigenvalue weighted by atomic mass is 35.5. The molecule has 0 unspecified atom stereocenters. The summed E-state index contributed by atoms with van der Waals surface area (Å²) in [6.45, 7) is 1.35. The number of aromatic nitrogens is 1. The summed E-state index contributed by atoms with van der Waals surface area (Å²) in [5.74, 6) is -2.09. The van der Waals surface area contributed by atoms with Gasteiger partial charge >= 0.3 is 0 Å². The lowest BCUT2D eigenvalue weighted by molar-refractivity contribution is 0.100. The Kier molecular flexibility index (Phi) is 5.46. The molecule has 1 heterocycles. The fraction of sp³-hybridized carbons (Fsp3) is 0.100. The minimum atomic E-state index is -0.782. The van der Waals surface area contributed by atoms with Crippen LogP contribution in [0.1, 0.15) is 21.6 Å². The fourth-order valence-electron chi connectivity index (χ4n) is 2.77. The number of nitrogens with one attached hydrogen (secondary N) is 1. The molecular weight excluding hydrogens is 390 g/mol. The van der Waals surface area contributed by atoms with Crippen LogP contribution in [0.5, 0.6) is 5.75 Å². The maximum atomic E-state index is 13.9. The Balaban J connectivity index is 2.08. The minimum absolute atomic E-state index is 0.0215. The van der Waals surface area contributed by atoms with E-state index in [9.17, 15) is 18.4 Å². The number of rotatable bonds is 5. The van der Waals surface area contributed by atoms with Crippen molar-refractivity contribution < 1.29 is 18.3 Å². The van der Waals surface area contributed by atoms with E-state index in [4.69, 9.17) is 22.1 Å². The maximum absolute atomic E-state index is 13.9. The lowest BCUT2D eigenvalue weighted by Crippen LogP contribution is -2.13. The summed E-state index contributed by atoms with van der Waals surface area (Å²) in [4.78, 5) is 26.2. The number of amides is 1. The Hall–Kier alpha value is -3.19. The summed E-state index contributed by atoms with van der Waals surface area (Å²) in [6, 6.07) is 9.47. The van der Waals surface area contributed by atoms with Crippen molar-refractivity contribution in [1.29, 1.82) is 0 Å². The number of H-pyrrole nitrogens is 1. The first-order valence-electron chi connectivity index (χ1n) is 8.17. The Morgan fingerprint density at radius 1 is 1.21 bits per heavy atom. The maximum Gasteiger partial charge on any atom is 0.270 e. The van der Waals surface area contributed by atoms with E-state index in [1.807, 2.05) is 0 Å². The summed E-state index contributed by atoms with van der Waals surface area (Å²) >= 11 is 6.14. The van der Waals surface area contributed by atoms with Crippen LogP contribution in [0.3, 0.4) is 0 Å². The van der Waals surface area contributed by atoms with Gasteiger partial charge in [0.15, 0.2) is 5.75 Å². The van der Waals surface area contributed by atoms with Gasteiger partial charge in [-0.3, -0.25) is 9.59 Å². The van der Waals surface area contributed by atoms with Gasteiger partial charge in [0, 0.05) is 28.5 Å². The van der Waals surface area contributed by atoms with Gasteiger partial charge in [-0.2, -0.15) is 0 Å². The van der Waals surface area contributed by atoms with E-state index in [2.05, 4.69) is 4.98 Å². The Labute approximate surface area is 163 Å². The topological polar surface area (TPSA) is 85.2 Å². The number of benzene rings is 2. The van der Waals surface area contributed by atoms with E-state index in [1.54, 1.807) is 25.1 Å². The molecule has 3 rings (SSSR count). The van der Waals surface area contributed by atoms with Crippen molar-refractivity contribution in [3.63, 3.8) is 0 Å². The van der Waals surface area contributed by atoms with E-state index in [0.717, 1.165) is 12.1 Å². The number of carbonyl (C=O) groups excluding carboxylic acids is 1. The molecule has 144 valence electrons. The fourth-order valence-corrected chi connectivity index (χ4v) is 2.97. The molecule has 0 fully saturated rings. The van der Waals surface area contributed by atoms with Crippen molar-refractivity contribution in [2.45, 2.75) is 13.5 Å². The van der Waals surface area contributed by atoms with Crippen LogP contribution in [-0.2, 0) is 6.61 Å². The normalized spacial score (nSPS) is 10.7. The highest BCUT2D eigenvalue weighted by Gasteiger charge is 2.19. The van der Waals surface area contributed by atoms with Gasteiger partial charge in [0.2, 0.25) is 5.91 Å². The van der Waals surface area contributed by atoms with Crippen molar-refractivity contribution in [2.24, 2.45) is 5.73 Å². The van der Waals surface area contributed by atoms with E-state index in [-0.39, 0.29) is 28.5 Å². The van der Waals surface area contributed by atoms with Crippen LogP contribution in [0.25, 0.3) is 11.1 Å². The Morgan fingerprint density at radius 2 is 1.96 bits per heavy atom. The zero-order valence-corrected chi connectivity index (χ0v) is 15.4. The molecule has 2 aromatic carbocycles. The Morgan fingerprint density at radius 3 is 2.64 bits per heavy atom. The van der Waals surface area contributed by atoms with E-state index in [1.165, 1.54) is 12.1 Å². The zero-order valence-electron chi connectivity index (χ0n) is 14.7. The number of carbonyl (C=O) groups is 1. The quantitative estimate of drug-likeness (QED) is 0.675. The molecule has 5 nitrogen and oxygen atoms in total. The molecule has 28 heavy (non-hydrogen) atoms. The molecule has 8 heteroatoms. The second kappa shape index (κ2) is 7.82. The third kappa shape index (κ3) is 3.89. The molecule has 1 aromatic heterocycles. The summed E-state index contributed by atoms with van der Waals surface area (Å²) in [5.41, 5.74) is 6.49. The standard InChI is InChI=1S/C20H15ClF2N2O3/c1-10-16(11-3-2-4-12(7-11)19(24)26)18(17(21)20(27)25-10)28-9-13-5-6-14(22)8-15(13)23/h2-8H,9H2,1H3,(H2,24,26)(H,25,27). The average molecular weight is 405 g/mol. The van der Waals surface area contributed by atoms with Gasteiger partial charge in [-0.15, -0.1) is 0 Å². The van der Waals surface area contributed by atoms with Crippen LogP contribution in [-0.4, -0.2) is 10.9 Å². The molecule has 0 aliphatic carbocycles. The van der Waals surface area contributed by atoms with Gasteiger partial charge in [0.1, 0.15) is 23.3 Å². The molecule has 0 radical (unpaired) electrons. The monoisotopic (exact) mass is 404 g/mol. The molecule has 3 aromatic rings. The van der Waals surface area contributed by atoms with Crippen LogP contribution in [0.15, 0.2) is 47.3 Å². The molecule has 1 amide bonds. The number of aromatic amines is 1. The first kappa shape index (κ1) is 19.6. The molecule has 3 N–H and O–H groups in total. The molecule has 0 bridgehead atoms. The first-order valence-corrected chi connectivity index (χ1v) is 8.55. The molecule has 0 atom stereocenters. The number of nitrogens with two attached hydrogens (primary N) is 1. The van der Waals surface area contributed by atoms with Gasteiger partial charge in [-0.25, -0.2) is 8.78 Å². The van der Waals surface area contributed by atoms with E-state index < -0.39 is 23.1 Å². The highest BCUT2D eigenvalue weighted by molar-refractivity contribution is 6.32. The first-order chi connectivity index (χ1) is 13.3. The summed E-state index contributed by atoms with van der Waals surface area (Å²) < 4.78 is 32.6. The van der Waals surface area contributed by atoms with Gasteiger partial charge in [0.05, 0.1) is 0 Å². The van der Waals surface area contributed by atoms with Crippen molar-refractivity contribution in [1.82, 2.24) is 4.98 Å². The zero-order chi connectivity index (χ0) is 20.4. The average Bonchev–Trinajstić information content (AvgIpc) is 2.64. The number of primary amides is 1. The number of aryl methyl sites for hydroxylation is 1. The summed E-state index contributed by atoms with van der Waals surface area (Å²) in [7, 11) is 0. The van der Waals surface area contributed by atoms with Gasteiger partial charge < -0.3 is 15.5 Å². The third-order valence-electron chi connectivity index (χ3n) is 4.12. The van der Waals surface area contributed by atoms with E-state index >= 15 is 0 Å². The molecule has 0 spiro atoms. The number of ether oxygens (including phenoxy) is 1. The number of halogens is 3. The van der Waals surface area contributed by atoms with Gasteiger partial charge in [0.25, 0.3) is 5.56 Å². The SMILES string of the molecule is Cc1[nH]c(=O)c(Cl)c(OCc2ccc(F)cc2F)c1-c1cccc(C(N)=O)c1. The molecule has 0 aliphatic heterocycles. The van der Waals surface area contributed by atoms with Gasteiger partial charge in [-0.1, -0.05) is 23.7 Å². The van der Waals surface area contributed by atoms with Crippen LogP contribution >= 0.6 is 11.6 Å². The Bertz CT molecular complexity index is 1130. The van der Waals surface area contributed by atoms with E-state index in [0.29, 0.717) is 16.8 Å².